The molecule has 1 heterocycles. The predicted octanol–water partition coefficient (Wildman–Crippen LogP) is 3.22. The van der Waals surface area contributed by atoms with Gasteiger partial charge in [0.05, 0.1) is 6.04 Å². The molecule has 1 aliphatic heterocycles. The largest absolute Gasteiger partial charge is 0.368 e. The molecule has 1 aromatic carbocycles. The van der Waals surface area contributed by atoms with Crippen LogP contribution in [0.3, 0.4) is 0 Å². The summed E-state index contributed by atoms with van der Waals surface area (Å²) in [7, 11) is 1.92. The Morgan fingerprint density at radius 3 is 2.47 bits per heavy atom. The second kappa shape index (κ2) is 5.70. The molecule has 0 aliphatic carbocycles. The predicted molar refractivity (Wildman–Crippen MR) is 72.7 cm³/mol. The summed E-state index contributed by atoms with van der Waals surface area (Å²) < 4.78 is 26.8. The maximum absolute atomic E-state index is 13.4. The number of rotatable bonds is 3. The van der Waals surface area contributed by atoms with Crippen LogP contribution in [0.5, 0.6) is 0 Å². The first kappa shape index (κ1) is 14.0. The summed E-state index contributed by atoms with van der Waals surface area (Å²) in [5.74, 6) is -1.05. The molecule has 2 rings (SSSR count). The Labute approximate surface area is 113 Å². The lowest BCUT2D eigenvalue weighted by molar-refractivity contribution is 0.168. The SMILES string of the molecule is C=C(C)N1CC[C@@H](NC)C[C@H]1c1cc(F)cc(F)c1. The quantitative estimate of drug-likeness (QED) is 0.903. The Balaban J connectivity index is 2.32. The molecular formula is C15H20F2N2. The van der Waals surface area contributed by atoms with Crippen molar-refractivity contribution in [3.05, 3.63) is 47.7 Å². The number of benzene rings is 1. The molecule has 1 fully saturated rings. The number of hydrogen-bond acceptors (Lipinski definition) is 2. The van der Waals surface area contributed by atoms with E-state index in [9.17, 15) is 8.78 Å². The van der Waals surface area contributed by atoms with Gasteiger partial charge in [-0.15, -0.1) is 0 Å². The number of likely N-dealkylation sites (tertiary alicyclic amines) is 1. The van der Waals surface area contributed by atoms with Crippen molar-refractivity contribution in [2.24, 2.45) is 0 Å². The Morgan fingerprint density at radius 1 is 1.32 bits per heavy atom. The summed E-state index contributed by atoms with van der Waals surface area (Å²) in [5.41, 5.74) is 1.62. The molecule has 0 bridgehead atoms. The zero-order chi connectivity index (χ0) is 14.0. The van der Waals surface area contributed by atoms with E-state index in [1.54, 1.807) is 0 Å². The molecule has 0 saturated carbocycles. The number of hydrogen-bond donors (Lipinski definition) is 1. The van der Waals surface area contributed by atoms with Crippen LogP contribution >= 0.6 is 0 Å². The summed E-state index contributed by atoms with van der Waals surface area (Å²) >= 11 is 0. The Hall–Kier alpha value is -1.42. The van der Waals surface area contributed by atoms with Crippen LogP contribution < -0.4 is 5.32 Å². The van der Waals surface area contributed by atoms with E-state index in [1.165, 1.54) is 12.1 Å². The lowest BCUT2D eigenvalue weighted by atomic mass is 9.91. The second-order valence-electron chi connectivity index (χ2n) is 5.16. The van der Waals surface area contributed by atoms with Gasteiger partial charge in [-0.25, -0.2) is 8.78 Å². The fourth-order valence-corrected chi connectivity index (χ4v) is 2.77. The average Bonchev–Trinajstić information content (AvgIpc) is 2.36. The Kier molecular flexibility index (Phi) is 4.20. The van der Waals surface area contributed by atoms with E-state index in [-0.39, 0.29) is 6.04 Å². The minimum absolute atomic E-state index is 0.0195. The molecule has 1 saturated heterocycles. The van der Waals surface area contributed by atoms with Gasteiger partial charge in [0.2, 0.25) is 0 Å². The van der Waals surface area contributed by atoms with Gasteiger partial charge in [-0.05, 0) is 44.5 Å². The van der Waals surface area contributed by atoms with Gasteiger partial charge in [0.1, 0.15) is 11.6 Å². The molecule has 19 heavy (non-hydrogen) atoms. The highest BCUT2D eigenvalue weighted by atomic mass is 19.1. The van der Waals surface area contributed by atoms with E-state index in [4.69, 9.17) is 0 Å². The van der Waals surface area contributed by atoms with Crippen LogP contribution in [0.1, 0.15) is 31.4 Å². The summed E-state index contributed by atoms with van der Waals surface area (Å²) in [5, 5.41) is 3.25. The van der Waals surface area contributed by atoms with Crippen LogP contribution in [0.4, 0.5) is 8.78 Å². The lowest BCUT2D eigenvalue weighted by Gasteiger charge is -2.41. The van der Waals surface area contributed by atoms with Crippen molar-refractivity contribution in [3.8, 4) is 0 Å². The minimum atomic E-state index is -0.525. The minimum Gasteiger partial charge on any atom is -0.368 e. The van der Waals surface area contributed by atoms with Crippen LogP contribution in [0.15, 0.2) is 30.5 Å². The number of nitrogens with zero attached hydrogens (tertiary/aromatic N) is 1. The van der Waals surface area contributed by atoms with E-state index in [1.807, 2.05) is 14.0 Å². The number of allylic oxidation sites excluding steroid dienone is 1. The molecule has 1 aliphatic rings. The smallest absolute Gasteiger partial charge is 0.126 e. The molecule has 0 spiro atoms. The van der Waals surface area contributed by atoms with Gasteiger partial charge in [-0.3, -0.25) is 0 Å². The first-order valence-electron chi connectivity index (χ1n) is 6.56. The first-order valence-corrected chi connectivity index (χ1v) is 6.56. The highest BCUT2D eigenvalue weighted by molar-refractivity contribution is 5.23. The number of piperidine rings is 1. The maximum atomic E-state index is 13.4. The van der Waals surface area contributed by atoms with E-state index in [0.29, 0.717) is 11.6 Å². The standard InChI is InChI=1S/C15H20F2N2/c1-10(2)19-5-4-14(18-3)9-15(19)11-6-12(16)8-13(17)7-11/h6-8,14-15,18H,1,4-5,9H2,2-3H3/t14-,15+/m1/s1. The molecule has 0 aromatic heterocycles. The van der Waals surface area contributed by atoms with Crippen LogP contribution in [0.2, 0.25) is 0 Å². The third-order valence-corrected chi connectivity index (χ3v) is 3.77. The molecule has 2 nitrogen and oxygen atoms in total. The maximum Gasteiger partial charge on any atom is 0.126 e. The van der Waals surface area contributed by atoms with Crippen molar-refractivity contribution in [1.29, 1.82) is 0 Å². The third-order valence-electron chi connectivity index (χ3n) is 3.77. The van der Waals surface area contributed by atoms with Crippen LogP contribution in [0.25, 0.3) is 0 Å². The zero-order valence-electron chi connectivity index (χ0n) is 11.4. The van der Waals surface area contributed by atoms with Gasteiger partial charge in [0.25, 0.3) is 0 Å². The summed E-state index contributed by atoms with van der Waals surface area (Å²) in [6.07, 6.45) is 1.84. The molecule has 104 valence electrons. The molecule has 1 N–H and O–H groups in total. The van der Waals surface area contributed by atoms with Crippen molar-refractivity contribution in [1.82, 2.24) is 10.2 Å². The normalized spacial score (nSPS) is 23.5. The molecule has 0 unspecified atom stereocenters. The average molecular weight is 266 g/mol. The fourth-order valence-electron chi connectivity index (χ4n) is 2.77. The van der Waals surface area contributed by atoms with Crippen molar-refractivity contribution in [2.45, 2.75) is 31.8 Å². The van der Waals surface area contributed by atoms with Gasteiger partial charge in [-0.2, -0.15) is 0 Å². The van der Waals surface area contributed by atoms with Crippen molar-refractivity contribution >= 4 is 0 Å². The van der Waals surface area contributed by atoms with Crippen LogP contribution in [-0.4, -0.2) is 24.5 Å². The molecule has 2 atom stereocenters. The van der Waals surface area contributed by atoms with Gasteiger partial charge >= 0.3 is 0 Å². The molecule has 0 amide bonds. The van der Waals surface area contributed by atoms with E-state index >= 15 is 0 Å². The third kappa shape index (κ3) is 3.13. The van der Waals surface area contributed by atoms with Crippen molar-refractivity contribution < 1.29 is 8.78 Å². The number of halogens is 2. The Morgan fingerprint density at radius 2 is 1.95 bits per heavy atom. The Bertz CT molecular complexity index is 453. The van der Waals surface area contributed by atoms with E-state index in [0.717, 1.165) is 31.1 Å². The van der Waals surface area contributed by atoms with Crippen molar-refractivity contribution in [2.75, 3.05) is 13.6 Å². The van der Waals surface area contributed by atoms with E-state index < -0.39 is 11.6 Å². The van der Waals surface area contributed by atoms with Crippen molar-refractivity contribution in [3.63, 3.8) is 0 Å². The monoisotopic (exact) mass is 266 g/mol. The van der Waals surface area contributed by atoms with E-state index in [2.05, 4.69) is 16.8 Å². The molecular weight excluding hydrogens is 246 g/mol. The first-order chi connectivity index (χ1) is 9.01. The van der Waals surface area contributed by atoms with Gasteiger partial charge in [0, 0.05) is 24.4 Å². The van der Waals surface area contributed by atoms with Gasteiger partial charge in [0.15, 0.2) is 0 Å². The fraction of sp³-hybridized carbons (Fsp3) is 0.467. The highest BCUT2D eigenvalue weighted by Crippen LogP contribution is 2.34. The lowest BCUT2D eigenvalue weighted by Crippen LogP contribution is -2.42. The summed E-state index contributed by atoms with van der Waals surface area (Å²) in [6.45, 7) is 6.75. The van der Waals surface area contributed by atoms with Gasteiger partial charge < -0.3 is 10.2 Å². The molecule has 0 radical (unpaired) electrons. The summed E-state index contributed by atoms with van der Waals surface area (Å²) in [4.78, 5) is 2.13. The van der Waals surface area contributed by atoms with Crippen LogP contribution in [-0.2, 0) is 0 Å². The highest BCUT2D eigenvalue weighted by Gasteiger charge is 2.29. The second-order valence-corrected chi connectivity index (χ2v) is 5.16. The zero-order valence-corrected chi connectivity index (χ0v) is 11.4. The number of nitrogens with one attached hydrogen (secondary N) is 1. The topological polar surface area (TPSA) is 15.3 Å². The molecule has 1 aromatic rings. The van der Waals surface area contributed by atoms with Gasteiger partial charge in [-0.1, -0.05) is 6.58 Å². The molecule has 4 heteroatoms. The summed E-state index contributed by atoms with van der Waals surface area (Å²) in [6, 6.07) is 4.09. The van der Waals surface area contributed by atoms with Crippen LogP contribution in [0, 0.1) is 11.6 Å².